The van der Waals surface area contributed by atoms with Crippen LogP contribution in [0.4, 0.5) is 0 Å². The van der Waals surface area contributed by atoms with Crippen molar-refractivity contribution in [1.29, 1.82) is 0 Å². The molecule has 2 aliphatic heterocycles. The molecule has 1 unspecified atom stereocenters. The fraction of sp³-hybridized carbons (Fsp3) is 0.591. The van der Waals surface area contributed by atoms with E-state index in [9.17, 15) is 14.4 Å². The van der Waals surface area contributed by atoms with Gasteiger partial charge in [0.25, 0.3) is 0 Å². The number of aldehydes is 1. The highest BCUT2D eigenvalue weighted by Crippen LogP contribution is 2.31. The summed E-state index contributed by atoms with van der Waals surface area (Å²) in [5, 5.41) is 2.87. The molecule has 3 aliphatic rings. The number of likely N-dealkylation sites (tertiary alicyclic amines) is 1. The van der Waals surface area contributed by atoms with Gasteiger partial charge in [0.2, 0.25) is 5.91 Å². The van der Waals surface area contributed by atoms with Crippen molar-refractivity contribution in [3.63, 3.8) is 0 Å². The fourth-order valence-electron chi connectivity index (χ4n) is 4.87. The minimum atomic E-state index is -0.478. The van der Waals surface area contributed by atoms with E-state index >= 15 is 0 Å². The third-order valence-electron chi connectivity index (χ3n) is 6.36. The molecular formula is C22H28N2O3S. The van der Waals surface area contributed by atoms with Gasteiger partial charge in [-0.1, -0.05) is 24.3 Å². The minimum absolute atomic E-state index is 0.0795. The van der Waals surface area contributed by atoms with Crippen LogP contribution in [-0.4, -0.2) is 52.6 Å². The van der Waals surface area contributed by atoms with Crippen molar-refractivity contribution in [2.24, 2.45) is 5.92 Å². The average Bonchev–Trinajstić information content (AvgIpc) is 3.45. The number of nitrogens with one attached hydrogen (secondary N) is 1. The molecule has 3 atom stereocenters. The number of carbonyl (C=O) groups excluding carboxylic acids is 3. The molecule has 2 fully saturated rings. The smallest absolute Gasteiger partial charge is 0.241 e. The van der Waals surface area contributed by atoms with E-state index in [0.29, 0.717) is 24.8 Å². The Morgan fingerprint density at radius 1 is 1.21 bits per heavy atom. The normalized spacial score (nSPS) is 27.1. The Bertz CT molecular complexity index is 728. The van der Waals surface area contributed by atoms with Crippen LogP contribution in [-0.2, 0) is 27.2 Å². The van der Waals surface area contributed by atoms with E-state index < -0.39 is 6.04 Å². The molecule has 1 N–H and O–H groups in total. The lowest BCUT2D eigenvalue weighted by atomic mass is 9.96. The Hall–Kier alpha value is -1.66. The monoisotopic (exact) mass is 400 g/mol. The molecular weight excluding hydrogens is 372 g/mol. The largest absolute Gasteiger partial charge is 0.332 e. The summed E-state index contributed by atoms with van der Waals surface area (Å²) in [6.45, 7) is 0.619. The maximum Gasteiger partial charge on any atom is 0.241 e. The van der Waals surface area contributed by atoms with Crippen LogP contribution in [0.15, 0.2) is 24.3 Å². The molecule has 0 spiro atoms. The molecule has 4 rings (SSSR count). The zero-order valence-corrected chi connectivity index (χ0v) is 17.0. The van der Waals surface area contributed by atoms with Crippen LogP contribution in [0.2, 0.25) is 0 Å². The van der Waals surface area contributed by atoms with E-state index in [1.165, 1.54) is 22.9 Å². The topological polar surface area (TPSA) is 66.5 Å². The number of thioether (sulfide) groups is 1. The van der Waals surface area contributed by atoms with Crippen LogP contribution in [0, 0.1) is 5.92 Å². The van der Waals surface area contributed by atoms with Gasteiger partial charge in [0.1, 0.15) is 18.1 Å². The number of fused-ring (bicyclic) bond motifs is 1. The van der Waals surface area contributed by atoms with Crippen LogP contribution in [0.3, 0.4) is 0 Å². The SMILES string of the molecule is O=C[C@@H]1CCCN1C(=O)[C@H]1NCSC1C(=O)CCCC1Cc2ccccc2C1. The molecule has 2 heterocycles. The summed E-state index contributed by atoms with van der Waals surface area (Å²) in [5.41, 5.74) is 2.91. The Balaban J connectivity index is 1.27. The number of hydrogen-bond donors (Lipinski definition) is 1. The molecule has 6 heteroatoms. The number of rotatable bonds is 7. The first-order chi connectivity index (χ1) is 13.7. The Kier molecular flexibility index (Phi) is 6.16. The van der Waals surface area contributed by atoms with Crippen LogP contribution >= 0.6 is 11.8 Å². The summed E-state index contributed by atoms with van der Waals surface area (Å²) < 4.78 is 0. The minimum Gasteiger partial charge on any atom is -0.332 e. The van der Waals surface area contributed by atoms with E-state index in [2.05, 4.69) is 29.6 Å². The van der Waals surface area contributed by atoms with Gasteiger partial charge in [-0.2, -0.15) is 0 Å². The molecule has 1 amide bonds. The van der Waals surface area contributed by atoms with Gasteiger partial charge in [0, 0.05) is 18.8 Å². The molecule has 1 aromatic carbocycles. The number of carbonyl (C=O) groups is 3. The summed E-state index contributed by atoms with van der Waals surface area (Å²) >= 11 is 1.53. The van der Waals surface area contributed by atoms with Crippen molar-refractivity contribution in [2.45, 2.75) is 62.3 Å². The van der Waals surface area contributed by atoms with E-state index in [4.69, 9.17) is 0 Å². The first-order valence-electron chi connectivity index (χ1n) is 10.4. The van der Waals surface area contributed by atoms with Gasteiger partial charge in [-0.3, -0.25) is 14.9 Å². The standard InChI is InChI=1S/C22H28N2O3S/c25-13-18-8-4-10-24(18)22(27)20-21(28-14-23-20)19(26)9-3-5-15-11-16-6-1-2-7-17(16)12-15/h1-2,6-7,13,15,18,20-21,23H,3-5,8-12,14H2/t18-,20-,21?/m0/s1. The van der Waals surface area contributed by atoms with Gasteiger partial charge in [-0.15, -0.1) is 11.8 Å². The van der Waals surface area contributed by atoms with Gasteiger partial charge in [0.05, 0.1) is 11.3 Å². The quantitative estimate of drug-likeness (QED) is 0.712. The first-order valence-corrected chi connectivity index (χ1v) is 11.4. The lowest BCUT2D eigenvalue weighted by Gasteiger charge is -2.26. The van der Waals surface area contributed by atoms with Gasteiger partial charge in [-0.05, 0) is 55.6 Å². The van der Waals surface area contributed by atoms with Crippen LogP contribution in [0.25, 0.3) is 0 Å². The molecule has 150 valence electrons. The second-order valence-corrected chi connectivity index (χ2v) is 9.32. The molecule has 0 bridgehead atoms. The van der Waals surface area contributed by atoms with Crippen molar-refractivity contribution in [1.82, 2.24) is 10.2 Å². The zero-order valence-electron chi connectivity index (χ0n) is 16.1. The summed E-state index contributed by atoms with van der Waals surface area (Å²) in [6.07, 6.45) is 7.17. The van der Waals surface area contributed by atoms with E-state index in [-0.39, 0.29) is 23.0 Å². The summed E-state index contributed by atoms with van der Waals surface area (Å²) in [6, 6.07) is 7.82. The lowest BCUT2D eigenvalue weighted by molar-refractivity contribution is -0.137. The van der Waals surface area contributed by atoms with E-state index in [1.54, 1.807) is 4.90 Å². The number of benzene rings is 1. The third kappa shape index (κ3) is 4.03. The number of ketones is 1. The lowest BCUT2D eigenvalue weighted by Crippen LogP contribution is -2.51. The Morgan fingerprint density at radius 3 is 2.68 bits per heavy atom. The molecule has 1 aliphatic carbocycles. The predicted molar refractivity (Wildman–Crippen MR) is 110 cm³/mol. The van der Waals surface area contributed by atoms with Crippen molar-refractivity contribution < 1.29 is 14.4 Å². The van der Waals surface area contributed by atoms with Crippen LogP contribution in [0.1, 0.15) is 43.2 Å². The second-order valence-electron chi connectivity index (χ2n) is 8.19. The number of hydrogen-bond acceptors (Lipinski definition) is 5. The number of nitrogens with zero attached hydrogens (tertiary/aromatic N) is 1. The Labute approximate surface area is 170 Å². The number of Topliss-reactive ketones (excluding diaryl/α,β-unsaturated/α-hetero) is 1. The zero-order chi connectivity index (χ0) is 19.5. The number of amides is 1. The molecule has 0 saturated carbocycles. The molecule has 5 nitrogen and oxygen atoms in total. The summed E-state index contributed by atoms with van der Waals surface area (Å²) in [4.78, 5) is 38.6. The van der Waals surface area contributed by atoms with Gasteiger partial charge in [-0.25, -0.2) is 0 Å². The first kappa shape index (κ1) is 19.6. The summed E-state index contributed by atoms with van der Waals surface area (Å²) in [7, 11) is 0. The molecule has 0 aromatic heterocycles. The molecule has 1 aromatic rings. The van der Waals surface area contributed by atoms with Crippen molar-refractivity contribution in [2.75, 3.05) is 12.4 Å². The van der Waals surface area contributed by atoms with Gasteiger partial charge >= 0.3 is 0 Å². The molecule has 0 radical (unpaired) electrons. The van der Waals surface area contributed by atoms with Crippen molar-refractivity contribution >= 4 is 29.7 Å². The summed E-state index contributed by atoms with van der Waals surface area (Å²) in [5.74, 6) is 1.34. The molecule has 28 heavy (non-hydrogen) atoms. The van der Waals surface area contributed by atoms with Gasteiger partial charge < -0.3 is 9.69 Å². The predicted octanol–water partition coefficient (Wildman–Crippen LogP) is 2.36. The van der Waals surface area contributed by atoms with Crippen molar-refractivity contribution in [3.8, 4) is 0 Å². The van der Waals surface area contributed by atoms with E-state index in [1.807, 2.05) is 0 Å². The van der Waals surface area contributed by atoms with Crippen LogP contribution in [0.5, 0.6) is 0 Å². The highest BCUT2D eigenvalue weighted by Gasteiger charge is 2.42. The second kappa shape index (κ2) is 8.78. The highest BCUT2D eigenvalue weighted by atomic mass is 32.2. The third-order valence-corrected chi connectivity index (χ3v) is 7.59. The van der Waals surface area contributed by atoms with Crippen LogP contribution < -0.4 is 5.32 Å². The fourth-order valence-corrected chi connectivity index (χ4v) is 6.04. The maximum atomic E-state index is 12.9. The highest BCUT2D eigenvalue weighted by molar-refractivity contribution is 8.00. The van der Waals surface area contributed by atoms with E-state index in [0.717, 1.165) is 44.8 Å². The Morgan fingerprint density at radius 2 is 1.96 bits per heavy atom. The van der Waals surface area contributed by atoms with Crippen molar-refractivity contribution in [3.05, 3.63) is 35.4 Å². The average molecular weight is 401 g/mol. The van der Waals surface area contributed by atoms with Gasteiger partial charge in [0.15, 0.2) is 0 Å². The maximum absolute atomic E-state index is 12.9. The molecule has 2 saturated heterocycles.